The van der Waals surface area contributed by atoms with Gasteiger partial charge in [-0.05, 0) is 6.92 Å². The van der Waals surface area contributed by atoms with E-state index in [4.69, 9.17) is 5.11 Å². The van der Waals surface area contributed by atoms with Gasteiger partial charge >= 0.3 is 0 Å². The molecular weight excluding hydrogens is 96.0 g/mol. The molecule has 0 aromatic carbocycles. The summed E-state index contributed by atoms with van der Waals surface area (Å²) >= 11 is 0. The first kappa shape index (κ1) is 6.39. The van der Waals surface area contributed by atoms with Gasteiger partial charge in [-0.15, -0.1) is 0 Å². The third-order valence-electron chi connectivity index (χ3n) is 0.522. The van der Waals surface area contributed by atoms with Crippen LogP contribution in [0, 0.1) is 0 Å². The van der Waals surface area contributed by atoms with Gasteiger partial charge in [-0.3, -0.25) is 10.2 Å². The summed E-state index contributed by atoms with van der Waals surface area (Å²) in [5.41, 5.74) is 1.78. The summed E-state index contributed by atoms with van der Waals surface area (Å²) in [7, 11) is 0. The van der Waals surface area contributed by atoms with Gasteiger partial charge in [0.1, 0.15) is 6.10 Å². The molecular formula is C3H8N2O2. The second kappa shape index (κ2) is 2.54. The molecule has 0 unspecified atom stereocenters. The van der Waals surface area contributed by atoms with Crippen molar-refractivity contribution in [3.8, 4) is 0 Å². The summed E-state index contributed by atoms with van der Waals surface area (Å²) in [6, 6.07) is 0. The summed E-state index contributed by atoms with van der Waals surface area (Å²) < 4.78 is 0. The monoisotopic (exact) mass is 104 g/mol. The summed E-state index contributed by atoms with van der Waals surface area (Å²) in [6.45, 7) is 1.34. The molecule has 7 heavy (non-hydrogen) atoms. The Labute approximate surface area is 41.3 Å². The van der Waals surface area contributed by atoms with Crippen LogP contribution in [0.15, 0.2) is 0 Å². The fraction of sp³-hybridized carbons (Fsp3) is 0.667. The normalized spacial score (nSPS) is 13.0. The highest BCUT2D eigenvalue weighted by molar-refractivity contribution is 5.79. The number of hydrazine groups is 1. The minimum atomic E-state index is -1.01. The molecule has 0 fully saturated rings. The van der Waals surface area contributed by atoms with Crippen LogP contribution < -0.4 is 11.3 Å². The fourth-order valence-electron chi connectivity index (χ4n) is 0.121. The first-order chi connectivity index (χ1) is 3.18. The number of rotatable bonds is 1. The van der Waals surface area contributed by atoms with Crippen LogP contribution in [-0.4, -0.2) is 17.1 Å². The van der Waals surface area contributed by atoms with Gasteiger partial charge in [0.25, 0.3) is 5.91 Å². The average molecular weight is 104 g/mol. The Hall–Kier alpha value is -0.610. The summed E-state index contributed by atoms with van der Waals surface area (Å²) in [5.74, 6) is 4.04. The molecule has 4 N–H and O–H groups in total. The number of hydrogen-bond donors (Lipinski definition) is 3. The third-order valence-corrected chi connectivity index (χ3v) is 0.522. The van der Waals surface area contributed by atoms with E-state index in [0.717, 1.165) is 0 Å². The Morgan fingerprint density at radius 3 is 2.43 bits per heavy atom. The fourth-order valence-corrected chi connectivity index (χ4v) is 0.121. The number of nitrogens with two attached hydrogens (primary N) is 1. The molecule has 0 aliphatic heterocycles. The lowest BCUT2D eigenvalue weighted by molar-refractivity contribution is -0.128. The lowest BCUT2D eigenvalue weighted by Gasteiger charge is -1.97. The van der Waals surface area contributed by atoms with Crippen LogP contribution >= 0.6 is 0 Å². The van der Waals surface area contributed by atoms with Crippen molar-refractivity contribution in [3.63, 3.8) is 0 Å². The zero-order chi connectivity index (χ0) is 5.86. The molecule has 42 valence electrons. The molecule has 1 amide bonds. The van der Waals surface area contributed by atoms with Crippen LogP contribution in [0.4, 0.5) is 0 Å². The maximum Gasteiger partial charge on any atom is 0.262 e. The molecule has 0 radical (unpaired) electrons. The number of amides is 1. The first-order valence-corrected chi connectivity index (χ1v) is 1.87. The van der Waals surface area contributed by atoms with E-state index < -0.39 is 12.0 Å². The Morgan fingerprint density at radius 2 is 2.43 bits per heavy atom. The quantitative estimate of drug-likeness (QED) is 0.212. The van der Waals surface area contributed by atoms with Crippen molar-refractivity contribution in [2.24, 2.45) is 5.84 Å². The summed E-state index contributed by atoms with van der Waals surface area (Å²) in [5, 5.41) is 8.33. The highest BCUT2D eigenvalue weighted by Gasteiger charge is 2.03. The molecule has 0 saturated heterocycles. The predicted octanol–water partition coefficient (Wildman–Crippen LogP) is -1.64. The predicted molar refractivity (Wildman–Crippen MR) is 24.0 cm³/mol. The maximum absolute atomic E-state index is 10.0. The van der Waals surface area contributed by atoms with Crippen molar-refractivity contribution >= 4 is 5.91 Å². The molecule has 0 bridgehead atoms. The van der Waals surface area contributed by atoms with E-state index in [1.54, 1.807) is 5.43 Å². The van der Waals surface area contributed by atoms with Gasteiger partial charge in [0, 0.05) is 0 Å². The van der Waals surface area contributed by atoms with Crippen LogP contribution in [0.25, 0.3) is 0 Å². The van der Waals surface area contributed by atoms with Crippen molar-refractivity contribution in [2.75, 3.05) is 0 Å². The number of carbonyl (C=O) groups is 1. The number of hydrogen-bond acceptors (Lipinski definition) is 3. The van der Waals surface area contributed by atoms with Crippen molar-refractivity contribution < 1.29 is 9.90 Å². The lowest BCUT2D eigenvalue weighted by Crippen LogP contribution is -2.37. The van der Waals surface area contributed by atoms with Gasteiger partial charge in [0.2, 0.25) is 0 Å². The Bertz CT molecular complexity index is 71.3. The van der Waals surface area contributed by atoms with Gasteiger partial charge in [0.15, 0.2) is 0 Å². The zero-order valence-electron chi connectivity index (χ0n) is 4.01. The van der Waals surface area contributed by atoms with E-state index in [2.05, 4.69) is 5.84 Å². The Morgan fingerprint density at radius 1 is 2.00 bits per heavy atom. The molecule has 0 heterocycles. The second-order valence-corrected chi connectivity index (χ2v) is 1.18. The molecule has 0 aliphatic rings. The topological polar surface area (TPSA) is 75.3 Å². The molecule has 0 aromatic rings. The van der Waals surface area contributed by atoms with E-state index in [0.29, 0.717) is 0 Å². The maximum atomic E-state index is 10.0. The van der Waals surface area contributed by atoms with Crippen molar-refractivity contribution in [1.82, 2.24) is 5.43 Å². The standard InChI is InChI=1S/C3H8N2O2/c1-2(6)3(7)5-4/h2,6H,4H2,1H3,(H,5,7)/t2-/m1/s1. The SMILES string of the molecule is C[C@@H](O)C(=O)NN. The minimum absolute atomic E-state index is 0.569. The molecule has 1 atom stereocenters. The van der Waals surface area contributed by atoms with Crippen molar-refractivity contribution in [3.05, 3.63) is 0 Å². The lowest BCUT2D eigenvalue weighted by atomic mass is 10.4. The van der Waals surface area contributed by atoms with Gasteiger partial charge in [0.05, 0.1) is 0 Å². The van der Waals surface area contributed by atoms with E-state index >= 15 is 0 Å². The van der Waals surface area contributed by atoms with Crippen LogP contribution in [0.2, 0.25) is 0 Å². The number of aliphatic hydroxyl groups excluding tert-OH is 1. The van der Waals surface area contributed by atoms with E-state index in [9.17, 15) is 4.79 Å². The smallest absolute Gasteiger partial charge is 0.262 e. The number of aliphatic hydroxyl groups is 1. The molecule has 0 aromatic heterocycles. The molecule has 4 nitrogen and oxygen atoms in total. The molecule has 0 aliphatic carbocycles. The molecule has 0 spiro atoms. The van der Waals surface area contributed by atoms with Crippen LogP contribution in [-0.2, 0) is 4.79 Å². The Balaban J connectivity index is 3.35. The highest BCUT2D eigenvalue weighted by Crippen LogP contribution is 1.73. The zero-order valence-corrected chi connectivity index (χ0v) is 4.01. The van der Waals surface area contributed by atoms with Gasteiger partial charge < -0.3 is 5.11 Å². The third kappa shape index (κ3) is 2.13. The molecule has 0 rings (SSSR count). The van der Waals surface area contributed by atoms with E-state index in [1.165, 1.54) is 6.92 Å². The minimum Gasteiger partial charge on any atom is -0.384 e. The first-order valence-electron chi connectivity index (χ1n) is 1.87. The summed E-state index contributed by atoms with van der Waals surface area (Å²) in [6.07, 6.45) is -1.01. The van der Waals surface area contributed by atoms with Crippen LogP contribution in [0.1, 0.15) is 6.92 Å². The average Bonchev–Trinajstić information content (AvgIpc) is 1.65. The Kier molecular flexibility index (Phi) is 2.32. The van der Waals surface area contributed by atoms with E-state index in [1.807, 2.05) is 0 Å². The largest absolute Gasteiger partial charge is 0.384 e. The van der Waals surface area contributed by atoms with Crippen molar-refractivity contribution in [1.29, 1.82) is 0 Å². The van der Waals surface area contributed by atoms with Crippen LogP contribution in [0.5, 0.6) is 0 Å². The van der Waals surface area contributed by atoms with Gasteiger partial charge in [-0.25, -0.2) is 5.84 Å². The van der Waals surface area contributed by atoms with E-state index in [-0.39, 0.29) is 0 Å². The number of nitrogens with one attached hydrogen (secondary N) is 1. The molecule has 0 saturated carbocycles. The van der Waals surface area contributed by atoms with Crippen molar-refractivity contribution in [2.45, 2.75) is 13.0 Å². The highest BCUT2D eigenvalue weighted by atomic mass is 16.3. The van der Waals surface area contributed by atoms with Crippen LogP contribution in [0.3, 0.4) is 0 Å². The second-order valence-electron chi connectivity index (χ2n) is 1.18. The van der Waals surface area contributed by atoms with Gasteiger partial charge in [-0.1, -0.05) is 0 Å². The number of carbonyl (C=O) groups excluding carboxylic acids is 1. The van der Waals surface area contributed by atoms with Gasteiger partial charge in [-0.2, -0.15) is 0 Å². The molecule has 4 heteroatoms. The summed E-state index contributed by atoms with van der Waals surface area (Å²) in [4.78, 5) is 10.0.